The zero-order valence-corrected chi connectivity index (χ0v) is 6.42. The quantitative estimate of drug-likeness (QED) is 0.694. The maximum Gasteiger partial charge on any atom is 0.203 e. The van der Waals surface area contributed by atoms with Crippen molar-refractivity contribution in [2.24, 2.45) is 0 Å². The molecule has 0 bridgehead atoms. The highest BCUT2D eigenvalue weighted by atomic mass is 16.5. The van der Waals surface area contributed by atoms with Crippen LogP contribution in [0.2, 0.25) is 0 Å². The van der Waals surface area contributed by atoms with E-state index in [1.165, 1.54) is 20.3 Å². The van der Waals surface area contributed by atoms with Crippen LogP contribution in [0.3, 0.4) is 0 Å². The Labute approximate surface area is 65.2 Å². The predicted octanol–water partition coefficient (Wildman–Crippen LogP) is 1.21. The molecule has 0 aliphatic rings. The first kappa shape index (κ1) is 7.72. The second-order valence-electron chi connectivity index (χ2n) is 1.93. The standard InChI is InChI=1S/C8H9O3/c1-10-7-5-3-4-6(9)8(7)11-2/h3-4,9H,1-2H3. The van der Waals surface area contributed by atoms with Gasteiger partial charge in [-0.2, -0.15) is 0 Å². The van der Waals surface area contributed by atoms with Gasteiger partial charge in [0.25, 0.3) is 0 Å². The molecule has 59 valence electrons. The van der Waals surface area contributed by atoms with Crippen LogP contribution in [0.1, 0.15) is 0 Å². The Kier molecular flexibility index (Phi) is 2.21. The van der Waals surface area contributed by atoms with Crippen LogP contribution in [0.25, 0.3) is 0 Å². The van der Waals surface area contributed by atoms with Gasteiger partial charge in [-0.15, -0.1) is 0 Å². The van der Waals surface area contributed by atoms with Gasteiger partial charge in [0.15, 0.2) is 11.5 Å². The minimum absolute atomic E-state index is 0.0584. The molecular formula is C8H9O3. The molecule has 0 heterocycles. The van der Waals surface area contributed by atoms with E-state index in [0.29, 0.717) is 11.5 Å². The van der Waals surface area contributed by atoms with E-state index in [9.17, 15) is 5.11 Å². The van der Waals surface area contributed by atoms with Gasteiger partial charge >= 0.3 is 0 Å². The topological polar surface area (TPSA) is 38.7 Å². The fraction of sp³-hybridized carbons (Fsp3) is 0.250. The van der Waals surface area contributed by atoms with Gasteiger partial charge in [0.2, 0.25) is 5.75 Å². The van der Waals surface area contributed by atoms with Crippen molar-refractivity contribution in [1.29, 1.82) is 0 Å². The summed E-state index contributed by atoms with van der Waals surface area (Å²) in [6.45, 7) is 0. The molecule has 11 heavy (non-hydrogen) atoms. The number of phenols is 1. The Balaban J connectivity index is 3.13. The summed E-state index contributed by atoms with van der Waals surface area (Å²) in [4.78, 5) is 0. The number of hydrogen-bond donors (Lipinski definition) is 1. The summed E-state index contributed by atoms with van der Waals surface area (Å²) >= 11 is 0. The molecule has 3 heteroatoms. The average Bonchev–Trinajstić information content (AvgIpc) is 2.04. The van der Waals surface area contributed by atoms with Crippen molar-refractivity contribution < 1.29 is 14.6 Å². The van der Waals surface area contributed by atoms with Gasteiger partial charge < -0.3 is 14.6 Å². The van der Waals surface area contributed by atoms with Crippen LogP contribution in [-0.4, -0.2) is 19.3 Å². The molecule has 1 aromatic carbocycles. The summed E-state index contributed by atoms with van der Waals surface area (Å²) in [5.41, 5.74) is 0. The molecule has 1 rings (SSSR count). The maximum atomic E-state index is 9.20. The van der Waals surface area contributed by atoms with E-state index < -0.39 is 0 Å². The molecule has 0 saturated heterocycles. The number of ether oxygens (including phenoxy) is 2. The molecule has 0 spiro atoms. The van der Waals surface area contributed by atoms with Gasteiger partial charge in [-0.05, 0) is 12.1 Å². The Morgan fingerprint density at radius 3 is 2.55 bits per heavy atom. The van der Waals surface area contributed by atoms with E-state index in [1.807, 2.05) is 0 Å². The fourth-order valence-electron chi connectivity index (χ4n) is 0.803. The van der Waals surface area contributed by atoms with Crippen molar-refractivity contribution in [3.05, 3.63) is 18.2 Å². The molecule has 1 aromatic rings. The summed E-state index contributed by atoms with van der Waals surface area (Å²) in [5.74, 6) is 0.783. The van der Waals surface area contributed by atoms with Gasteiger partial charge in [0.1, 0.15) is 0 Å². The van der Waals surface area contributed by atoms with Gasteiger partial charge in [0, 0.05) is 6.07 Å². The van der Waals surface area contributed by atoms with Crippen LogP contribution in [0.15, 0.2) is 12.1 Å². The number of hydrogen-bond acceptors (Lipinski definition) is 3. The van der Waals surface area contributed by atoms with Crippen molar-refractivity contribution in [2.45, 2.75) is 0 Å². The first-order valence-corrected chi connectivity index (χ1v) is 3.11. The number of aromatic hydroxyl groups is 1. The Morgan fingerprint density at radius 1 is 1.36 bits per heavy atom. The van der Waals surface area contributed by atoms with Crippen molar-refractivity contribution in [3.63, 3.8) is 0 Å². The number of methoxy groups -OCH3 is 2. The second-order valence-corrected chi connectivity index (χ2v) is 1.93. The van der Waals surface area contributed by atoms with Gasteiger partial charge in [-0.1, -0.05) is 0 Å². The molecular weight excluding hydrogens is 144 g/mol. The number of rotatable bonds is 2. The molecule has 0 aliphatic heterocycles. The third-order valence-electron chi connectivity index (χ3n) is 1.30. The zero-order chi connectivity index (χ0) is 8.27. The Bertz CT molecular complexity index is 245. The summed E-state index contributed by atoms with van der Waals surface area (Å²) in [5, 5.41) is 9.20. The van der Waals surface area contributed by atoms with Crippen LogP contribution < -0.4 is 9.47 Å². The lowest BCUT2D eigenvalue weighted by Crippen LogP contribution is -1.89. The first-order chi connectivity index (χ1) is 5.29. The van der Waals surface area contributed by atoms with Crippen molar-refractivity contribution in [3.8, 4) is 17.2 Å². The molecule has 0 aliphatic carbocycles. The normalized spacial score (nSPS) is 9.27. The van der Waals surface area contributed by atoms with Gasteiger partial charge in [-0.3, -0.25) is 0 Å². The van der Waals surface area contributed by atoms with E-state index in [-0.39, 0.29) is 5.75 Å². The smallest absolute Gasteiger partial charge is 0.203 e. The highest BCUT2D eigenvalue weighted by Crippen LogP contribution is 2.34. The van der Waals surface area contributed by atoms with Crippen LogP contribution in [-0.2, 0) is 0 Å². The third kappa shape index (κ3) is 1.37. The summed E-state index contributed by atoms with van der Waals surface area (Å²) in [6.07, 6.45) is 0. The summed E-state index contributed by atoms with van der Waals surface area (Å²) in [6, 6.07) is 5.82. The SMILES string of the molecule is COc1[c]ccc(O)c1OC. The number of phenolic OH excluding ortho intramolecular Hbond substituents is 1. The van der Waals surface area contributed by atoms with E-state index in [0.717, 1.165) is 0 Å². The van der Waals surface area contributed by atoms with Crippen molar-refractivity contribution in [1.82, 2.24) is 0 Å². The zero-order valence-electron chi connectivity index (χ0n) is 6.42. The third-order valence-corrected chi connectivity index (χ3v) is 1.30. The maximum absolute atomic E-state index is 9.20. The van der Waals surface area contributed by atoms with Crippen molar-refractivity contribution in [2.75, 3.05) is 14.2 Å². The predicted molar refractivity (Wildman–Crippen MR) is 40.0 cm³/mol. The van der Waals surface area contributed by atoms with Crippen molar-refractivity contribution >= 4 is 0 Å². The molecule has 0 atom stereocenters. The molecule has 1 radical (unpaired) electrons. The Morgan fingerprint density at radius 2 is 2.09 bits per heavy atom. The van der Waals surface area contributed by atoms with E-state index in [4.69, 9.17) is 9.47 Å². The van der Waals surface area contributed by atoms with E-state index in [2.05, 4.69) is 6.07 Å². The summed E-state index contributed by atoms with van der Waals surface area (Å²) in [7, 11) is 2.96. The molecule has 3 nitrogen and oxygen atoms in total. The lowest BCUT2D eigenvalue weighted by molar-refractivity contribution is 0.332. The van der Waals surface area contributed by atoms with Crippen LogP contribution in [0.5, 0.6) is 17.2 Å². The second kappa shape index (κ2) is 3.14. The lowest BCUT2D eigenvalue weighted by atomic mass is 10.3. The monoisotopic (exact) mass is 153 g/mol. The minimum atomic E-state index is 0.0584. The molecule has 0 fully saturated rings. The molecule has 0 saturated carbocycles. The first-order valence-electron chi connectivity index (χ1n) is 3.11. The molecule has 0 unspecified atom stereocenters. The van der Waals surface area contributed by atoms with Crippen LogP contribution >= 0.6 is 0 Å². The largest absolute Gasteiger partial charge is 0.504 e. The van der Waals surface area contributed by atoms with Gasteiger partial charge in [0.05, 0.1) is 14.2 Å². The van der Waals surface area contributed by atoms with Gasteiger partial charge in [-0.25, -0.2) is 0 Å². The average molecular weight is 153 g/mol. The molecule has 1 N–H and O–H groups in total. The highest BCUT2D eigenvalue weighted by molar-refractivity contribution is 5.49. The van der Waals surface area contributed by atoms with E-state index in [1.54, 1.807) is 6.07 Å². The van der Waals surface area contributed by atoms with Crippen LogP contribution in [0.4, 0.5) is 0 Å². The van der Waals surface area contributed by atoms with Crippen LogP contribution in [0, 0.1) is 6.07 Å². The molecule has 0 aromatic heterocycles. The summed E-state index contributed by atoms with van der Waals surface area (Å²) < 4.78 is 9.74. The highest BCUT2D eigenvalue weighted by Gasteiger charge is 2.06. The molecule has 0 amide bonds. The minimum Gasteiger partial charge on any atom is -0.504 e. The number of benzene rings is 1. The lowest BCUT2D eigenvalue weighted by Gasteiger charge is -2.06. The fourth-order valence-corrected chi connectivity index (χ4v) is 0.803. The van der Waals surface area contributed by atoms with E-state index >= 15 is 0 Å². The Hall–Kier alpha value is -1.38.